The second kappa shape index (κ2) is 13.0. The zero-order valence-corrected chi connectivity index (χ0v) is 20.4. The Labute approximate surface area is 211 Å². The molecule has 0 bridgehead atoms. The zero-order chi connectivity index (χ0) is 26.1. The van der Waals surface area contributed by atoms with E-state index in [4.69, 9.17) is 16.6 Å². The van der Waals surface area contributed by atoms with E-state index in [1.165, 1.54) is 0 Å². The SMILES string of the molecule is NC(=O)CC(N)C(=O)NC(Cc1c[nH]c2ccccc12)C(=O)NC(CS)C(=O)NC(CS)C(=O)O. The Bertz CT molecular complexity index is 1090. The van der Waals surface area contributed by atoms with Crippen LogP contribution >= 0.6 is 25.3 Å². The number of thiol groups is 2. The van der Waals surface area contributed by atoms with Gasteiger partial charge in [0.25, 0.3) is 0 Å². The number of carbonyl (C=O) groups is 5. The van der Waals surface area contributed by atoms with E-state index in [9.17, 15) is 24.0 Å². The maximum Gasteiger partial charge on any atom is 0.327 e. The fraction of sp³-hybridized carbons (Fsp3) is 0.381. The van der Waals surface area contributed by atoms with Crippen molar-refractivity contribution in [2.75, 3.05) is 11.5 Å². The van der Waals surface area contributed by atoms with Gasteiger partial charge < -0.3 is 37.5 Å². The minimum atomic E-state index is -1.29. The van der Waals surface area contributed by atoms with Crippen LogP contribution in [0.25, 0.3) is 10.9 Å². The molecule has 4 amide bonds. The van der Waals surface area contributed by atoms with Gasteiger partial charge in [0.15, 0.2) is 0 Å². The number of aromatic amines is 1. The zero-order valence-electron chi connectivity index (χ0n) is 18.6. The highest BCUT2D eigenvalue weighted by Crippen LogP contribution is 2.19. The number of hydrogen-bond donors (Lipinski definition) is 9. The molecule has 9 N–H and O–H groups in total. The smallest absolute Gasteiger partial charge is 0.327 e. The quantitative estimate of drug-likeness (QED) is 0.139. The second-order valence-corrected chi connectivity index (χ2v) is 8.46. The number of primary amides is 1. The van der Waals surface area contributed by atoms with Gasteiger partial charge in [-0.15, -0.1) is 0 Å². The summed E-state index contributed by atoms with van der Waals surface area (Å²) in [5.41, 5.74) is 12.3. The molecule has 14 heteroatoms. The molecule has 1 aromatic heterocycles. The average molecular weight is 525 g/mol. The predicted molar refractivity (Wildman–Crippen MR) is 135 cm³/mol. The number of benzene rings is 1. The third-order valence-corrected chi connectivity index (χ3v) is 5.83. The topological polar surface area (TPSA) is 209 Å². The van der Waals surface area contributed by atoms with Crippen molar-refractivity contribution in [3.8, 4) is 0 Å². The van der Waals surface area contributed by atoms with Crippen LogP contribution in [-0.4, -0.2) is 75.4 Å². The monoisotopic (exact) mass is 524 g/mol. The first-order valence-corrected chi connectivity index (χ1v) is 11.8. The predicted octanol–water partition coefficient (Wildman–Crippen LogP) is -1.69. The highest BCUT2D eigenvalue weighted by atomic mass is 32.1. The van der Waals surface area contributed by atoms with Gasteiger partial charge in [-0.05, 0) is 11.6 Å². The number of fused-ring (bicyclic) bond motifs is 1. The molecule has 0 radical (unpaired) electrons. The molecule has 0 aliphatic rings. The Morgan fingerprint density at radius 2 is 1.49 bits per heavy atom. The van der Waals surface area contributed by atoms with Crippen LogP contribution in [0.15, 0.2) is 30.5 Å². The molecule has 2 rings (SSSR count). The van der Waals surface area contributed by atoms with Crippen molar-refractivity contribution in [3.63, 3.8) is 0 Å². The molecule has 4 atom stereocenters. The van der Waals surface area contributed by atoms with E-state index in [1.807, 2.05) is 24.3 Å². The molecule has 0 saturated carbocycles. The van der Waals surface area contributed by atoms with Gasteiger partial charge in [0.2, 0.25) is 23.6 Å². The maximum absolute atomic E-state index is 13.1. The Kier molecular flexibility index (Phi) is 10.4. The minimum Gasteiger partial charge on any atom is -0.480 e. The lowest BCUT2D eigenvalue weighted by atomic mass is 10.0. The first-order valence-electron chi connectivity index (χ1n) is 10.5. The van der Waals surface area contributed by atoms with E-state index >= 15 is 0 Å². The van der Waals surface area contributed by atoms with Crippen LogP contribution in [0, 0.1) is 0 Å². The molecular formula is C21H28N6O6S2. The van der Waals surface area contributed by atoms with Crippen molar-refractivity contribution in [2.24, 2.45) is 11.5 Å². The van der Waals surface area contributed by atoms with E-state index in [2.05, 4.69) is 46.2 Å². The number of aromatic nitrogens is 1. The minimum absolute atomic E-state index is 0.0280. The summed E-state index contributed by atoms with van der Waals surface area (Å²) >= 11 is 7.96. The first-order chi connectivity index (χ1) is 16.6. The van der Waals surface area contributed by atoms with Crippen molar-refractivity contribution < 1.29 is 29.1 Å². The van der Waals surface area contributed by atoms with Crippen molar-refractivity contribution in [1.82, 2.24) is 20.9 Å². The summed E-state index contributed by atoms with van der Waals surface area (Å²) in [5, 5.41) is 17.2. The first kappa shape index (κ1) is 28.0. The van der Waals surface area contributed by atoms with Crippen LogP contribution in [0.2, 0.25) is 0 Å². The number of amides is 4. The van der Waals surface area contributed by atoms with Crippen molar-refractivity contribution in [1.29, 1.82) is 0 Å². The number of carboxylic acid groups (broad SMARTS) is 1. The molecule has 0 saturated heterocycles. The molecular weight excluding hydrogens is 496 g/mol. The van der Waals surface area contributed by atoms with E-state index in [-0.39, 0.29) is 17.9 Å². The van der Waals surface area contributed by atoms with Gasteiger partial charge in [0.1, 0.15) is 18.1 Å². The molecule has 12 nitrogen and oxygen atoms in total. The van der Waals surface area contributed by atoms with Gasteiger partial charge in [-0.2, -0.15) is 25.3 Å². The number of hydrogen-bond acceptors (Lipinski definition) is 8. The van der Waals surface area contributed by atoms with Crippen LogP contribution in [-0.2, 0) is 30.4 Å². The maximum atomic E-state index is 13.1. The number of carbonyl (C=O) groups excluding carboxylic acids is 4. The van der Waals surface area contributed by atoms with E-state index in [0.717, 1.165) is 10.9 Å². The molecule has 1 aromatic carbocycles. The fourth-order valence-electron chi connectivity index (χ4n) is 3.24. The summed E-state index contributed by atoms with van der Waals surface area (Å²) in [6.07, 6.45) is 1.29. The molecule has 35 heavy (non-hydrogen) atoms. The van der Waals surface area contributed by atoms with Gasteiger partial charge in [0.05, 0.1) is 12.5 Å². The largest absolute Gasteiger partial charge is 0.480 e. The number of nitrogens with one attached hydrogen (secondary N) is 4. The van der Waals surface area contributed by atoms with Crippen molar-refractivity contribution >= 4 is 65.8 Å². The number of rotatable bonds is 13. The number of aliphatic carboxylic acids is 1. The van der Waals surface area contributed by atoms with Gasteiger partial charge >= 0.3 is 5.97 Å². The van der Waals surface area contributed by atoms with E-state index in [0.29, 0.717) is 5.56 Å². The summed E-state index contributed by atoms with van der Waals surface area (Å²) in [7, 11) is 0. The van der Waals surface area contributed by atoms with Gasteiger partial charge in [-0.25, -0.2) is 4.79 Å². The van der Waals surface area contributed by atoms with Gasteiger partial charge in [-0.1, -0.05) is 18.2 Å². The Balaban J connectivity index is 2.23. The lowest BCUT2D eigenvalue weighted by molar-refractivity contribution is -0.141. The molecule has 0 aliphatic heterocycles. The highest BCUT2D eigenvalue weighted by molar-refractivity contribution is 7.80. The third kappa shape index (κ3) is 7.90. The summed E-state index contributed by atoms with van der Waals surface area (Å²) in [4.78, 5) is 63.6. The molecule has 0 fully saturated rings. The summed E-state index contributed by atoms with van der Waals surface area (Å²) < 4.78 is 0. The average Bonchev–Trinajstić information content (AvgIpc) is 3.22. The molecule has 0 aliphatic carbocycles. The Hall–Kier alpha value is -3.23. The Morgan fingerprint density at radius 1 is 0.914 bits per heavy atom. The standard InChI is InChI=1S/C21H28N6O6S2/c22-12(6-17(23)28)18(29)25-14(5-10-7-24-13-4-2-1-3-11(10)13)19(30)26-15(8-34)20(31)27-16(9-35)21(32)33/h1-4,7,12,14-16,24,34-35H,5-6,8-9,22H2,(H2,23,28)(H,25,29)(H,26,30)(H,27,31)(H,32,33). The third-order valence-electron chi connectivity index (χ3n) is 5.10. The van der Waals surface area contributed by atoms with Crippen LogP contribution in [0.1, 0.15) is 12.0 Å². The fourth-order valence-corrected chi connectivity index (χ4v) is 3.75. The number of para-hydroxylation sites is 1. The molecule has 1 heterocycles. The second-order valence-electron chi connectivity index (χ2n) is 7.73. The number of nitrogens with two attached hydrogens (primary N) is 2. The molecule has 190 valence electrons. The lowest BCUT2D eigenvalue weighted by Crippen LogP contribution is -2.58. The molecule has 2 aromatic rings. The normalized spacial score (nSPS) is 14.4. The van der Waals surface area contributed by atoms with Crippen LogP contribution in [0.3, 0.4) is 0 Å². The van der Waals surface area contributed by atoms with Crippen LogP contribution < -0.4 is 27.4 Å². The lowest BCUT2D eigenvalue weighted by Gasteiger charge is -2.24. The van der Waals surface area contributed by atoms with Crippen LogP contribution in [0.4, 0.5) is 0 Å². The van der Waals surface area contributed by atoms with E-state index < -0.39 is 60.2 Å². The highest BCUT2D eigenvalue weighted by Gasteiger charge is 2.30. The summed E-state index contributed by atoms with van der Waals surface area (Å²) in [6, 6.07) is 2.41. The number of H-pyrrole nitrogens is 1. The Morgan fingerprint density at radius 3 is 2.09 bits per heavy atom. The molecule has 0 spiro atoms. The van der Waals surface area contributed by atoms with Crippen LogP contribution in [0.5, 0.6) is 0 Å². The summed E-state index contributed by atoms with van der Waals surface area (Å²) in [6.45, 7) is 0. The van der Waals surface area contributed by atoms with Gasteiger partial charge in [0, 0.05) is 35.0 Å². The van der Waals surface area contributed by atoms with E-state index in [1.54, 1.807) is 6.20 Å². The summed E-state index contributed by atoms with van der Waals surface area (Å²) in [5.74, 6) is -4.67. The van der Waals surface area contributed by atoms with Gasteiger partial charge in [-0.3, -0.25) is 19.2 Å². The molecule has 4 unspecified atom stereocenters. The van der Waals surface area contributed by atoms with Crippen molar-refractivity contribution in [2.45, 2.75) is 37.0 Å². The number of carboxylic acids is 1. The van der Waals surface area contributed by atoms with Crippen molar-refractivity contribution in [3.05, 3.63) is 36.0 Å².